The summed E-state index contributed by atoms with van der Waals surface area (Å²) in [6.07, 6.45) is 3.79. The smallest absolute Gasteiger partial charge is 0.191 e. The number of nitrogens with one attached hydrogen (secondary N) is 1. The zero-order valence-electron chi connectivity index (χ0n) is 12.9. The average Bonchev–Trinajstić information content (AvgIpc) is 2.45. The van der Waals surface area contributed by atoms with Crippen LogP contribution in [0.1, 0.15) is 33.6 Å². The molecule has 1 aromatic heterocycles. The Morgan fingerprint density at radius 2 is 2.15 bits per heavy atom. The van der Waals surface area contributed by atoms with Crippen molar-refractivity contribution < 1.29 is 5.11 Å². The SMILES string of the molecule is CCCNc1cc(N(CCCO)C(C)C)nc(SC)n1. The summed E-state index contributed by atoms with van der Waals surface area (Å²) < 4.78 is 0. The highest BCUT2D eigenvalue weighted by Crippen LogP contribution is 2.22. The minimum Gasteiger partial charge on any atom is -0.396 e. The van der Waals surface area contributed by atoms with Gasteiger partial charge in [0.1, 0.15) is 11.6 Å². The van der Waals surface area contributed by atoms with Crippen LogP contribution in [0.25, 0.3) is 0 Å². The summed E-state index contributed by atoms with van der Waals surface area (Å²) in [5.74, 6) is 1.79. The summed E-state index contributed by atoms with van der Waals surface area (Å²) in [7, 11) is 0. The van der Waals surface area contributed by atoms with Gasteiger partial charge in [0.25, 0.3) is 0 Å². The molecule has 114 valence electrons. The largest absolute Gasteiger partial charge is 0.396 e. The monoisotopic (exact) mass is 298 g/mol. The van der Waals surface area contributed by atoms with Crippen molar-refractivity contribution in [2.45, 2.75) is 44.8 Å². The molecular weight excluding hydrogens is 272 g/mol. The minimum absolute atomic E-state index is 0.199. The maximum absolute atomic E-state index is 9.04. The lowest BCUT2D eigenvalue weighted by molar-refractivity contribution is 0.288. The highest BCUT2D eigenvalue weighted by molar-refractivity contribution is 7.98. The summed E-state index contributed by atoms with van der Waals surface area (Å²) in [5, 5.41) is 13.1. The third-order valence-corrected chi connectivity index (χ3v) is 3.45. The van der Waals surface area contributed by atoms with Gasteiger partial charge in [-0.05, 0) is 32.9 Å². The fourth-order valence-corrected chi connectivity index (χ4v) is 2.25. The molecule has 0 aliphatic rings. The quantitative estimate of drug-likeness (QED) is 0.540. The first-order valence-corrected chi connectivity index (χ1v) is 8.39. The third-order valence-electron chi connectivity index (χ3n) is 2.91. The predicted octanol–water partition coefficient (Wildman–Crippen LogP) is 2.62. The van der Waals surface area contributed by atoms with Gasteiger partial charge in [-0.15, -0.1) is 0 Å². The standard InChI is InChI=1S/C14H26N4OS/c1-5-7-15-12-10-13(17-14(16-12)20-4)18(11(2)3)8-6-9-19/h10-11,19H,5-9H2,1-4H3,(H,15,16,17). The van der Waals surface area contributed by atoms with E-state index in [0.717, 1.165) is 42.7 Å². The number of hydrogen-bond acceptors (Lipinski definition) is 6. The molecule has 6 heteroatoms. The molecule has 0 fully saturated rings. The number of aliphatic hydroxyl groups excluding tert-OH is 1. The van der Waals surface area contributed by atoms with Crippen LogP contribution in [0, 0.1) is 0 Å². The van der Waals surface area contributed by atoms with Crippen LogP contribution < -0.4 is 10.2 Å². The van der Waals surface area contributed by atoms with Gasteiger partial charge in [0, 0.05) is 31.8 Å². The van der Waals surface area contributed by atoms with E-state index in [1.165, 1.54) is 0 Å². The number of anilines is 2. The normalized spacial score (nSPS) is 10.9. The molecule has 0 aliphatic heterocycles. The van der Waals surface area contributed by atoms with Gasteiger partial charge < -0.3 is 15.3 Å². The minimum atomic E-state index is 0.199. The van der Waals surface area contributed by atoms with Crippen LogP contribution in [-0.2, 0) is 0 Å². The second-order valence-electron chi connectivity index (χ2n) is 4.89. The van der Waals surface area contributed by atoms with Crippen molar-refractivity contribution >= 4 is 23.4 Å². The highest BCUT2D eigenvalue weighted by atomic mass is 32.2. The van der Waals surface area contributed by atoms with E-state index >= 15 is 0 Å². The topological polar surface area (TPSA) is 61.3 Å². The van der Waals surface area contributed by atoms with E-state index in [-0.39, 0.29) is 6.61 Å². The molecule has 0 radical (unpaired) electrons. The predicted molar refractivity (Wildman–Crippen MR) is 86.8 cm³/mol. The van der Waals surface area contributed by atoms with Crippen LogP contribution in [0.5, 0.6) is 0 Å². The van der Waals surface area contributed by atoms with E-state index in [1.807, 2.05) is 12.3 Å². The Bertz CT molecular complexity index is 401. The van der Waals surface area contributed by atoms with E-state index in [1.54, 1.807) is 11.8 Å². The second-order valence-corrected chi connectivity index (χ2v) is 5.66. The second kappa shape index (κ2) is 9.02. The molecule has 0 saturated carbocycles. The first kappa shape index (κ1) is 17.0. The Labute approximate surface area is 126 Å². The molecule has 0 bridgehead atoms. The zero-order chi connectivity index (χ0) is 15.0. The van der Waals surface area contributed by atoms with Gasteiger partial charge in [-0.25, -0.2) is 9.97 Å². The fraction of sp³-hybridized carbons (Fsp3) is 0.714. The number of aromatic nitrogens is 2. The molecule has 1 heterocycles. The molecule has 20 heavy (non-hydrogen) atoms. The van der Waals surface area contributed by atoms with Gasteiger partial charge in [-0.3, -0.25) is 0 Å². The number of rotatable bonds is 9. The van der Waals surface area contributed by atoms with Crippen molar-refractivity contribution in [3.63, 3.8) is 0 Å². The third kappa shape index (κ3) is 5.17. The van der Waals surface area contributed by atoms with Gasteiger partial charge >= 0.3 is 0 Å². The first-order valence-electron chi connectivity index (χ1n) is 7.16. The van der Waals surface area contributed by atoms with E-state index in [9.17, 15) is 0 Å². The molecule has 1 rings (SSSR count). The summed E-state index contributed by atoms with van der Waals surface area (Å²) in [5.41, 5.74) is 0. The number of hydrogen-bond donors (Lipinski definition) is 2. The molecule has 5 nitrogen and oxygen atoms in total. The molecular formula is C14H26N4OS. The van der Waals surface area contributed by atoms with E-state index < -0.39 is 0 Å². The zero-order valence-corrected chi connectivity index (χ0v) is 13.7. The molecule has 0 amide bonds. The van der Waals surface area contributed by atoms with Crippen LogP contribution in [0.15, 0.2) is 11.2 Å². The molecule has 1 aromatic rings. The maximum atomic E-state index is 9.04. The molecule has 2 N–H and O–H groups in total. The van der Waals surface area contributed by atoms with Crippen molar-refractivity contribution in [2.24, 2.45) is 0 Å². The van der Waals surface area contributed by atoms with E-state index in [0.29, 0.717) is 6.04 Å². The van der Waals surface area contributed by atoms with Crippen molar-refractivity contribution in [1.29, 1.82) is 0 Å². The Hall–Kier alpha value is -1.01. The Balaban J connectivity index is 2.99. The highest BCUT2D eigenvalue weighted by Gasteiger charge is 2.14. The van der Waals surface area contributed by atoms with Crippen molar-refractivity contribution in [1.82, 2.24) is 9.97 Å². The summed E-state index contributed by atoms with van der Waals surface area (Å²) in [6.45, 7) is 8.31. The average molecular weight is 298 g/mol. The Morgan fingerprint density at radius 1 is 1.40 bits per heavy atom. The van der Waals surface area contributed by atoms with Crippen LogP contribution in [-0.4, -0.2) is 47.1 Å². The lowest BCUT2D eigenvalue weighted by Gasteiger charge is -2.28. The molecule has 0 aliphatic carbocycles. The fourth-order valence-electron chi connectivity index (χ4n) is 1.87. The van der Waals surface area contributed by atoms with Crippen LogP contribution in [0.2, 0.25) is 0 Å². The number of nitrogens with zero attached hydrogens (tertiary/aromatic N) is 3. The van der Waals surface area contributed by atoms with Gasteiger partial charge in [0.2, 0.25) is 0 Å². The number of thioether (sulfide) groups is 1. The lowest BCUT2D eigenvalue weighted by atomic mass is 10.3. The summed E-state index contributed by atoms with van der Waals surface area (Å²) in [4.78, 5) is 11.3. The first-order chi connectivity index (χ1) is 9.62. The van der Waals surface area contributed by atoms with Gasteiger partial charge in [0.15, 0.2) is 5.16 Å². The van der Waals surface area contributed by atoms with Crippen LogP contribution in [0.4, 0.5) is 11.6 Å². The van der Waals surface area contributed by atoms with Crippen molar-refractivity contribution in [3.8, 4) is 0 Å². The molecule has 0 unspecified atom stereocenters. The molecule has 0 saturated heterocycles. The van der Waals surface area contributed by atoms with Crippen molar-refractivity contribution in [3.05, 3.63) is 6.07 Å². The Morgan fingerprint density at radius 3 is 2.70 bits per heavy atom. The van der Waals surface area contributed by atoms with Crippen molar-refractivity contribution in [2.75, 3.05) is 36.2 Å². The van der Waals surface area contributed by atoms with E-state index in [4.69, 9.17) is 5.11 Å². The maximum Gasteiger partial charge on any atom is 0.191 e. The van der Waals surface area contributed by atoms with Gasteiger partial charge in [-0.1, -0.05) is 18.7 Å². The molecule has 0 spiro atoms. The van der Waals surface area contributed by atoms with Gasteiger partial charge in [-0.2, -0.15) is 0 Å². The molecule has 0 atom stereocenters. The Kier molecular flexibility index (Phi) is 7.69. The lowest BCUT2D eigenvalue weighted by Crippen LogP contribution is -2.33. The van der Waals surface area contributed by atoms with Gasteiger partial charge in [0.05, 0.1) is 0 Å². The summed E-state index contributed by atoms with van der Waals surface area (Å²) in [6, 6.07) is 2.33. The van der Waals surface area contributed by atoms with E-state index in [2.05, 4.69) is 41.0 Å². The number of aliphatic hydroxyl groups is 1. The summed E-state index contributed by atoms with van der Waals surface area (Å²) >= 11 is 1.55. The van der Waals surface area contributed by atoms with Crippen LogP contribution >= 0.6 is 11.8 Å². The molecule has 0 aromatic carbocycles. The van der Waals surface area contributed by atoms with Crippen LogP contribution in [0.3, 0.4) is 0 Å².